The summed E-state index contributed by atoms with van der Waals surface area (Å²) in [6.07, 6.45) is 4.64. The van der Waals surface area contributed by atoms with Crippen LogP contribution in [0.25, 0.3) is 6.08 Å². The summed E-state index contributed by atoms with van der Waals surface area (Å²) in [5.41, 5.74) is 1.89. The second-order valence-corrected chi connectivity index (χ2v) is 7.77. The van der Waals surface area contributed by atoms with Gasteiger partial charge in [-0.05, 0) is 44.1 Å². The Morgan fingerprint density at radius 2 is 2.24 bits per heavy atom. The SMILES string of the molecule is CCC(C)N1C(=O)/C(=C\C2=Cc3cccc(OC)c3OC2C)SC1=S. The number of amides is 1. The maximum Gasteiger partial charge on any atom is 0.266 e. The smallest absolute Gasteiger partial charge is 0.266 e. The normalized spacial score (nSPS) is 22.6. The number of hydrogen-bond donors (Lipinski definition) is 0. The monoisotopic (exact) mass is 375 g/mol. The number of carbonyl (C=O) groups excluding carboxylic acids is 1. The first-order valence-corrected chi connectivity index (χ1v) is 9.51. The van der Waals surface area contributed by atoms with Gasteiger partial charge in [0.15, 0.2) is 11.5 Å². The number of methoxy groups -OCH3 is 1. The van der Waals surface area contributed by atoms with Crippen molar-refractivity contribution in [3.05, 3.63) is 40.3 Å². The van der Waals surface area contributed by atoms with E-state index in [-0.39, 0.29) is 18.1 Å². The van der Waals surface area contributed by atoms with Crippen LogP contribution in [0.2, 0.25) is 0 Å². The highest BCUT2D eigenvalue weighted by atomic mass is 32.2. The Hall–Kier alpha value is -1.79. The summed E-state index contributed by atoms with van der Waals surface area (Å²) in [5.74, 6) is 1.43. The minimum atomic E-state index is -0.170. The van der Waals surface area contributed by atoms with Gasteiger partial charge in [-0.3, -0.25) is 9.69 Å². The quantitative estimate of drug-likeness (QED) is 0.576. The molecule has 6 heteroatoms. The fraction of sp³-hybridized carbons (Fsp3) is 0.368. The maximum absolute atomic E-state index is 12.7. The van der Waals surface area contributed by atoms with Gasteiger partial charge in [0.2, 0.25) is 0 Å². The predicted octanol–water partition coefficient (Wildman–Crippen LogP) is 4.40. The summed E-state index contributed by atoms with van der Waals surface area (Å²) < 4.78 is 12.0. The van der Waals surface area contributed by atoms with Crippen LogP contribution < -0.4 is 9.47 Å². The van der Waals surface area contributed by atoms with E-state index in [2.05, 4.69) is 6.92 Å². The van der Waals surface area contributed by atoms with Crippen LogP contribution in [0.5, 0.6) is 11.5 Å². The molecule has 0 bridgehead atoms. The lowest BCUT2D eigenvalue weighted by atomic mass is 10.0. The molecule has 0 aliphatic carbocycles. The molecule has 2 heterocycles. The molecule has 0 saturated carbocycles. The largest absolute Gasteiger partial charge is 0.493 e. The van der Waals surface area contributed by atoms with E-state index < -0.39 is 0 Å². The van der Waals surface area contributed by atoms with Crippen LogP contribution in [-0.2, 0) is 4.79 Å². The molecule has 2 unspecified atom stereocenters. The number of thiocarbonyl (C=S) groups is 1. The van der Waals surface area contributed by atoms with Gasteiger partial charge in [-0.2, -0.15) is 0 Å². The molecule has 0 radical (unpaired) electrons. The van der Waals surface area contributed by atoms with Crippen molar-refractivity contribution < 1.29 is 14.3 Å². The Morgan fingerprint density at radius 3 is 2.92 bits per heavy atom. The molecule has 2 atom stereocenters. The topological polar surface area (TPSA) is 38.8 Å². The van der Waals surface area contributed by atoms with Crippen LogP contribution in [0, 0.1) is 0 Å². The lowest BCUT2D eigenvalue weighted by Crippen LogP contribution is -2.36. The molecule has 0 aromatic heterocycles. The van der Waals surface area contributed by atoms with Crippen molar-refractivity contribution in [2.24, 2.45) is 0 Å². The van der Waals surface area contributed by atoms with Crippen molar-refractivity contribution in [3.8, 4) is 11.5 Å². The number of nitrogens with zero attached hydrogens (tertiary/aromatic N) is 1. The second kappa shape index (κ2) is 7.22. The lowest BCUT2D eigenvalue weighted by Gasteiger charge is -2.24. The highest BCUT2D eigenvalue weighted by molar-refractivity contribution is 8.26. The number of hydrogen-bond acceptors (Lipinski definition) is 5. The first-order chi connectivity index (χ1) is 12.0. The third-order valence-electron chi connectivity index (χ3n) is 4.47. The third-order valence-corrected chi connectivity index (χ3v) is 5.80. The van der Waals surface area contributed by atoms with Gasteiger partial charge in [-0.25, -0.2) is 0 Å². The molecule has 1 amide bonds. The number of para-hydroxylation sites is 1. The van der Waals surface area contributed by atoms with Gasteiger partial charge < -0.3 is 9.47 Å². The highest BCUT2D eigenvalue weighted by Gasteiger charge is 2.35. The summed E-state index contributed by atoms with van der Waals surface area (Å²) >= 11 is 6.75. The minimum absolute atomic E-state index is 0.0195. The summed E-state index contributed by atoms with van der Waals surface area (Å²) in [6, 6.07) is 5.88. The highest BCUT2D eigenvalue weighted by Crippen LogP contribution is 2.40. The van der Waals surface area contributed by atoms with E-state index in [0.29, 0.717) is 15.0 Å². The molecular formula is C19H21NO3S2. The van der Waals surface area contributed by atoms with Crippen molar-refractivity contribution in [1.82, 2.24) is 4.90 Å². The van der Waals surface area contributed by atoms with Crippen LogP contribution in [0.1, 0.15) is 32.8 Å². The van der Waals surface area contributed by atoms with Crippen molar-refractivity contribution in [2.45, 2.75) is 39.3 Å². The average molecular weight is 376 g/mol. The number of thioether (sulfide) groups is 1. The zero-order valence-electron chi connectivity index (χ0n) is 14.7. The Kier molecular flexibility index (Phi) is 5.20. The molecule has 0 spiro atoms. The Labute approximate surface area is 157 Å². The number of benzene rings is 1. The summed E-state index contributed by atoms with van der Waals surface area (Å²) in [6.45, 7) is 6.03. The van der Waals surface area contributed by atoms with Gasteiger partial charge >= 0.3 is 0 Å². The number of fused-ring (bicyclic) bond motifs is 1. The zero-order valence-corrected chi connectivity index (χ0v) is 16.4. The minimum Gasteiger partial charge on any atom is -0.493 e. The second-order valence-electron chi connectivity index (χ2n) is 6.09. The first kappa shape index (κ1) is 18.0. The van der Waals surface area contributed by atoms with Crippen molar-refractivity contribution in [2.75, 3.05) is 7.11 Å². The van der Waals surface area contributed by atoms with Crippen LogP contribution in [-0.4, -0.2) is 34.4 Å². The number of ether oxygens (including phenoxy) is 2. The van der Waals surface area contributed by atoms with Gasteiger partial charge in [0.25, 0.3) is 5.91 Å². The fourth-order valence-corrected chi connectivity index (χ4v) is 4.29. The molecule has 1 aromatic carbocycles. The first-order valence-electron chi connectivity index (χ1n) is 8.28. The summed E-state index contributed by atoms with van der Waals surface area (Å²) in [7, 11) is 1.63. The molecule has 0 N–H and O–H groups in total. The Balaban J connectivity index is 1.94. The molecule has 3 rings (SSSR count). The van der Waals surface area contributed by atoms with Crippen LogP contribution in [0.4, 0.5) is 0 Å². The van der Waals surface area contributed by atoms with Gasteiger partial charge in [0.05, 0.1) is 12.0 Å². The van der Waals surface area contributed by atoms with E-state index in [1.54, 1.807) is 12.0 Å². The van der Waals surface area contributed by atoms with Gasteiger partial charge in [0.1, 0.15) is 10.4 Å². The lowest BCUT2D eigenvalue weighted by molar-refractivity contribution is -0.123. The van der Waals surface area contributed by atoms with E-state index in [1.807, 2.05) is 44.2 Å². The molecule has 1 saturated heterocycles. The van der Waals surface area contributed by atoms with E-state index in [9.17, 15) is 4.79 Å². The van der Waals surface area contributed by atoms with Gasteiger partial charge in [0, 0.05) is 11.6 Å². The molecule has 132 valence electrons. The van der Waals surface area contributed by atoms with Crippen molar-refractivity contribution >= 4 is 40.3 Å². The Morgan fingerprint density at radius 1 is 1.48 bits per heavy atom. The number of carbonyl (C=O) groups is 1. The molecule has 1 aromatic rings. The predicted molar refractivity (Wildman–Crippen MR) is 106 cm³/mol. The van der Waals surface area contributed by atoms with Gasteiger partial charge in [-0.15, -0.1) is 0 Å². The maximum atomic E-state index is 12.7. The van der Waals surface area contributed by atoms with Crippen molar-refractivity contribution in [1.29, 1.82) is 0 Å². The molecular weight excluding hydrogens is 354 g/mol. The molecule has 4 nitrogen and oxygen atoms in total. The summed E-state index contributed by atoms with van der Waals surface area (Å²) in [4.78, 5) is 15.1. The van der Waals surface area contributed by atoms with Crippen molar-refractivity contribution in [3.63, 3.8) is 0 Å². The molecule has 25 heavy (non-hydrogen) atoms. The standard InChI is InChI=1S/C19H21NO3S2/c1-5-11(2)20-18(21)16(25-19(20)24)10-14-9-13-7-6-8-15(22-4)17(13)23-12(14)3/h6-12H,5H2,1-4H3/b16-10+. The van der Waals surface area contributed by atoms with E-state index in [0.717, 1.165) is 23.3 Å². The van der Waals surface area contributed by atoms with E-state index in [1.165, 1.54) is 11.8 Å². The Bertz CT molecular complexity index is 785. The fourth-order valence-electron chi connectivity index (χ4n) is 2.83. The molecule has 1 fully saturated rings. The third kappa shape index (κ3) is 3.33. The molecule has 2 aliphatic heterocycles. The van der Waals surface area contributed by atoms with Gasteiger partial charge in [-0.1, -0.05) is 43.0 Å². The van der Waals surface area contributed by atoms with Crippen LogP contribution >= 0.6 is 24.0 Å². The van der Waals surface area contributed by atoms with E-state index in [4.69, 9.17) is 21.7 Å². The zero-order chi connectivity index (χ0) is 18.1. The average Bonchev–Trinajstić information content (AvgIpc) is 2.88. The number of rotatable bonds is 4. The summed E-state index contributed by atoms with van der Waals surface area (Å²) in [5, 5.41) is 0. The molecule has 2 aliphatic rings. The van der Waals surface area contributed by atoms with E-state index >= 15 is 0 Å². The van der Waals surface area contributed by atoms with Crippen LogP contribution in [0.15, 0.2) is 34.8 Å². The van der Waals surface area contributed by atoms with Crippen LogP contribution in [0.3, 0.4) is 0 Å².